The van der Waals surface area contributed by atoms with Gasteiger partial charge in [-0.2, -0.15) is 0 Å². The molecule has 0 fully saturated rings. The van der Waals surface area contributed by atoms with Gasteiger partial charge in [-0.15, -0.1) is 0 Å². The van der Waals surface area contributed by atoms with Crippen LogP contribution in [-0.2, 0) is 4.79 Å². The highest BCUT2D eigenvalue weighted by Gasteiger charge is 2.16. The number of rotatable bonds is 7. The molecule has 0 bridgehead atoms. The summed E-state index contributed by atoms with van der Waals surface area (Å²) in [4.78, 5) is 13.6. The van der Waals surface area contributed by atoms with Crippen molar-refractivity contribution in [3.8, 4) is 5.75 Å². The van der Waals surface area contributed by atoms with E-state index in [2.05, 4.69) is 0 Å². The monoisotopic (exact) mass is 269 g/mol. The predicted octanol–water partition coefficient (Wildman–Crippen LogP) is 1.82. The van der Waals surface area contributed by atoms with E-state index in [0.717, 1.165) is 0 Å². The maximum Gasteiger partial charge on any atom is 0.260 e. The topological polar surface area (TPSA) is 49.8 Å². The first-order valence-electron chi connectivity index (χ1n) is 6.33. The summed E-state index contributed by atoms with van der Waals surface area (Å²) >= 11 is 0. The van der Waals surface area contributed by atoms with E-state index < -0.39 is 0 Å². The summed E-state index contributed by atoms with van der Waals surface area (Å²) < 4.78 is 18.0. The average molecular weight is 269 g/mol. The van der Waals surface area contributed by atoms with E-state index in [1.807, 2.05) is 13.8 Å². The molecule has 1 amide bonds. The molecule has 0 aliphatic carbocycles. The molecule has 4 nitrogen and oxygen atoms in total. The molecule has 5 heteroatoms. The highest BCUT2D eigenvalue weighted by atomic mass is 19.1. The number of aliphatic hydroxyl groups is 1. The lowest BCUT2D eigenvalue weighted by Crippen LogP contribution is -2.40. The first kappa shape index (κ1) is 15.4. The van der Waals surface area contributed by atoms with Gasteiger partial charge in [-0.25, -0.2) is 4.39 Å². The number of benzene rings is 1. The van der Waals surface area contributed by atoms with Crippen LogP contribution in [0.15, 0.2) is 24.3 Å². The fraction of sp³-hybridized carbons (Fsp3) is 0.500. The van der Waals surface area contributed by atoms with Crippen molar-refractivity contribution in [1.29, 1.82) is 0 Å². The number of aliphatic hydroxyl groups excluding tert-OH is 1. The van der Waals surface area contributed by atoms with Crippen molar-refractivity contribution in [3.05, 3.63) is 30.1 Å². The fourth-order valence-electron chi connectivity index (χ4n) is 1.67. The number of amides is 1. The predicted molar refractivity (Wildman–Crippen MR) is 70.4 cm³/mol. The molecule has 1 rings (SSSR count). The Morgan fingerprint density at radius 3 is 2.53 bits per heavy atom. The molecule has 0 aliphatic heterocycles. The Labute approximate surface area is 112 Å². The van der Waals surface area contributed by atoms with Gasteiger partial charge in [-0.3, -0.25) is 4.79 Å². The summed E-state index contributed by atoms with van der Waals surface area (Å²) in [6.07, 6.45) is 0.542. The largest absolute Gasteiger partial charge is 0.484 e. The third-order valence-corrected chi connectivity index (χ3v) is 2.68. The van der Waals surface area contributed by atoms with Crippen molar-refractivity contribution in [2.75, 3.05) is 19.8 Å². The number of carbonyl (C=O) groups is 1. The number of ether oxygens (including phenoxy) is 1. The molecule has 0 unspecified atom stereocenters. The molecule has 1 aromatic rings. The van der Waals surface area contributed by atoms with Gasteiger partial charge in [0, 0.05) is 19.2 Å². The first-order chi connectivity index (χ1) is 9.04. The Balaban J connectivity index is 2.49. The normalized spacial score (nSPS) is 10.6. The molecule has 0 saturated heterocycles. The Hall–Kier alpha value is -1.62. The molecular formula is C14H20FNO3. The summed E-state index contributed by atoms with van der Waals surface area (Å²) in [5.41, 5.74) is 0. The van der Waals surface area contributed by atoms with Gasteiger partial charge in [-0.05, 0) is 44.5 Å². The molecule has 1 N–H and O–H groups in total. The molecular weight excluding hydrogens is 249 g/mol. The summed E-state index contributed by atoms with van der Waals surface area (Å²) in [5, 5.41) is 8.81. The van der Waals surface area contributed by atoms with Crippen LogP contribution in [0.4, 0.5) is 4.39 Å². The van der Waals surface area contributed by atoms with Crippen LogP contribution < -0.4 is 4.74 Å². The van der Waals surface area contributed by atoms with Crippen LogP contribution in [0.1, 0.15) is 20.3 Å². The van der Waals surface area contributed by atoms with E-state index in [0.29, 0.717) is 18.7 Å². The highest BCUT2D eigenvalue weighted by molar-refractivity contribution is 5.78. The summed E-state index contributed by atoms with van der Waals surface area (Å²) in [6, 6.07) is 5.58. The van der Waals surface area contributed by atoms with Crippen molar-refractivity contribution in [2.45, 2.75) is 26.3 Å². The SMILES string of the molecule is CC(C)N(CCCO)C(=O)COc1ccc(F)cc1. The van der Waals surface area contributed by atoms with Gasteiger partial charge in [0.2, 0.25) is 0 Å². The Morgan fingerprint density at radius 1 is 1.37 bits per heavy atom. The van der Waals surface area contributed by atoms with Gasteiger partial charge < -0.3 is 14.7 Å². The standard InChI is InChI=1S/C14H20FNO3/c1-11(2)16(8-3-9-17)14(18)10-19-13-6-4-12(15)5-7-13/h4-7,11,17H,3,8-10H2,1-2H3. The number of hydrogen-bond acceptors (Lipinski definition) is 3. The van der Waals surface area contributed by atoms with Gasteiger partial charge >= 0.3 is 0 Å². The van der Waals surface area contributed by atoms with Gasteiger partial charge in [0.1, 0.15) is 11.6 Å². The zero-order chi connectivity index (χ0) is 14.3. The van der Waals surface area contributed by atoms with Crippen molar-refractivity contribution in [2.24, 2.45) is 0 Å². The van der Waals surface area contributed by atoms with E-state index in [1.165, 1.54) is 24.3 Å². The molecule has 0 radical (unpaired) electrons. The summed E-state index contributed by atoms with van der Waals surface area (Å²) in [7, 11) is 0. The van der Waals surface area contributed by atoms with E-state index in [1.54, 1.807) is 4.90 Å². The molecule has 0 atom stereocenters. The van der Waals surface area contributed by atoms with Crippen molar-refractivity contribution < 1.29 is 19.0 Å². The van der Waals surface area contributed by atoms with Crippen molar-refractivity contribution in [3.63, 3.8) is 0 Å². The van der Waals surface area contributed by atoms with Crippen LogP contribution in [-0.4, -0.2) is 41.7 Å². The van der Waals surface area contributed by atoms with E-state index in [4.69, 9.17) is 9.84 Å². The lowest BCUT2D eigenvalue weighted by atomic mass is 10.3. The maximum atomic E-state index is 12.7. The number of nitrogens with zero attached hydrogens (tertiary/aromatic N) is 1. The second-order valence-corrected chi connectivity index (χ2v) is 4.50. The quantitative estimate of drug-likeness (QED) is 0.821. The summed E-state index contributed by atoms with van der Waals surface area (Å²) in [5.74, 6) is -0.0289. The first-order valence-corrected chi connectivity index (χ1v) is 6.33. The Morgan fingerprint density at radius 2 is 2.00 bits per heavy atom. The van der Waals surface area contributed by atoms with E-state index >= 15 is 0 Å². The molecule has 0 aromatic heterocycles. The van der Waals surface area contributed by atoms with Crippen LogP contribution >= 0.6 is 0 Å². The molecule has 106 valence electrons. The third-order valence-electron chi connectivity index (χ3n) is 2.68. The van der Waals surface area contributed by atoms with Gasteiger partial charge in [0.15, 0.2) is 6.61 Å². The number of hydrogen-bond donors (Lipinski definition) is 1. The zero-order valence-corrected chi connectivity index (χ0v) is 11.3. The smallest absolute Gasteiger partial charge is 0.260 e. The Kier molecular flexibility index (Phi) is 6.29. The van der Waals surface area contributed by atoms with Crippen molar-refractivity contribution >= 4 is 5.91 Å². The van der Waals surface area contributed by atoms with Crippen molar-refractivity contribution in [1.82, 2.24) is 4.90 Å². The molecule has 0 aliphatic rings. The molecule has 1 aromatic carbocycles. The highest BCUT2D eigenvalue weighted by Crippen LogP contribution is 2.11. The molecule has 19 heavy (non-hydrogen) atoms. The van der Waals surface area contributed by atoms with Gasteiger partial charge in [0.05, 0.1) is 0 Å². The lowest BCUT2D eigenvalue weighted by Gasteiger charge is -2.26. The van der Waals surface area contributed by atoms with Crippen LogP contribution in [0, 0.1) is 5.82 Å². The van der Waals surface area contributed by atoms with Crippen LogP contribution in [0.5, 0.6) is 5.75 Å². The second kappa shape index (κ2) is 7.74. The second-order valence-electron chi connectivity index (χ2n) is 4.50. The summed E-state index contributed by atoms with van der Waals surface area (Å²) in [6.45, 7) is 4.28. The van der Waals surface area contributed by atoms with Gasteiger partial charge in [0.25, 0.3) is 5.91 Å². The minimum Gasteiger partial charge on any atom is -0.484 e. The number of halogens is 1. The lowest BCUT2D eigenvalue weighted by molar-refractivity contribution is -0.135. The fourth-order valence-corrected chi connectivity index (χ4v) is 1.67. The van der Waals surface area contributed by atoms with Crippen LogP contribution in [0.3, 0.4) is 0 Å². The number of carbonyl (C=O) groups excluding carboxylic acids is 1. The molecule has 0 saturated carbocycles. The van der Waals surface area contributed by atoms with Gasteiger partial charge in [-0.1, -0.05) is 0 Å². The molecule has 0 spiro atoms. The van der Waals surface area contributed by atoms with E-state index in [9.17, 15) is 9.18 Å². The molecule has 0 heterocycles. The Bertz CT molecular complexity index is 392. The average Bonchev–Trinajstić information content (AvgIpc) is 2.38. The maximum absolute atomic E-state index is 12.7. The van der Waals surface area contributed by atoms with E-state index in [-0.39, 0.29) is 31.0 Å². The minimum absolute atomic E-state index is 0.0509. The van der Waals surface area contributed by atoms with Crippen LogP contribution in [0.25, 0.3) is 0 Å². The minimum atomic E-state index is -0.342. The zero-order valence-electron chi connectivity index (χ0n) is 11.3. The van der Waals surface area contributed by atoms with Crippen LogP contribution in [0.2, 0.25) is 0 Å². The third kappa shape index (κ3) is 5.26.